The number of fused-ring (bicyclic) bond motifs is 1. The zero-order valence-electron chi connectivity index (χ0n) is 11.2. The highest BCUT2D eigenvalue weighted by molar-refractivity contribution is 5.81. The molecule has 0 saturated carbocycles. The number of carbonyl (C=O) groups is 1. The van der Waals surface area contributed by atoms with Crippen LogP contribution in [0.3, 0.4) is 0 Å². The van der Waals surface area contributed by atoms with Gasteiger partial charge in [0.25, 0.3) is 0 Å². The first kappa shape index (κ1) is 13.1. The van der Waals surface area contributed by atoms with Crippen molar-refractivity contribution in [2.45, 2.75) is 44.7 Å². The van der Waals surface area contributed by atoms with Crippen molar-refractivity contribution >= 4 is 5.91 Å². The summed E-state index contributed by atoms with van der Waals surface area (Å²) in [5.74, 6) is 0.0548. The third-order valence-electron chi connectivity index (χ3n) is 3.91. The first-order valence-corrected chi connectivity index (χ1v) is 6.75. The number of nitrogens with zero attached hydrogens (tertiary/aromatic N) is 1. The quantitative estimate of drug-likeness (QED) is 0.889. The van der Waals surface area contributed by atoms with Gasteiger partial charge >= 0.3 is 0 Å². The van der Waals surface area contributed by atoms with Gasteiger partial charge in [0, 0.05) is 7.05 Å². The molecule has 0 aliphatic heterocycles. The molecular weight excluding hydrogens is 224 g/mol. The Balaban J connectivity index is 2.22. The molecule has 98 valence electrons. The second-order valence-electron chi connectivity index (χ2n) is 5.07. The second kappa shape index (κ2) is 5.53. The summed E-state index contributed by atoms with van der Waals surface area (Å²) in [6.45, 7) is 1.95. The van der Waals surface area contributed by atoms with Crippen LogP contribution < -0.4 is 5.73 Å². The van der Waals surface area contributed by atoms with E-state index in [1.54, 1.807) is 0 Å². The predicted octanol–water partition coefficient (Wildman–Crippen LogP) is 2.26. The molecule has 1 aliphatic carbocycles. The van der Waals surface area contributed by atoms with Crippen molar-refractivity contribution < 1.29 is 4.79 Å². The molecule has 3 nitrogen and oxygen atoms in total. The molecule has 0 bridgehead atoms. The highest BCUT2D eigenvalue weighted by Crippen LogP contribution is 2.33. The highest BCUT2D eigenvalue weighted by atomic mass is 16.2. The van der Waals surface area contributed by atoms with Gasteiger partial charge in [-0.25, -0.2) is 0 Å². The number of benzene rings is 1. The Bertz CT molecular complexity index is 430. The van der Waals surface area contributed by atoms with Crippen molar-refractivity contribution in [3.63, 3.8) is 0 Å². The van der Waals surface area contributed by atoms with Crippen LogP contribution in [0.4, 0.5) is 0 Å². The van der Waals surface area contributed by atoms with Crippen LogP contribution in [0.1, 0.15) is 43.4 Å². The van der Waals surface area contributed by atoms with Gasteiger partial charge in [0.1, 0.15) is 0 Å². The van der Waals surface area contributed by atoms with E-state index in [9.17, 15) is 4.79 Å². The Kier molecular flexibility index (Phi) is 4.02. The summed E-state index contributed by atoms with van der Waals surface area (Å²) < 4.78 is 0. The smallest absolute Gasteiger partial charge is 0.239 e. The molecule has 2 rings (SSSR count). The minimum Gasteiger partial charge on any atom is -0.337 e. The number of hydrogen-bond acceptors (Lipinski definition) is 2. The lowest BCUT2D eigenvalue weighted by Crippen LogP contribution is -2.43. The average Bonchev–Trinajstić information content (AvgIpc) is 2.44. The molecule has 1 aromatic rings. The fourth-order valence-electron chi connectivity index (χ4n) is 2.72. The number of amides is 1. The molecule has 0 aromatic heterocycles. The summed E-state index contributed by atoms with van der Waals surface area (Å²) in [5.41, 5.74) is 8.52. The molecule has 2 atom stereocenters. The summed E-state index contributed by atoms with van der Waals surface area (Å²) in [6, 6.07) is 8.25. The summed E-state index contributed by atoms with van der Waals surface area (Å²) >= 11 is 0. The lowest BCUT2D eigenvalue weighted by molar-refractivity contribution is -0.133. The first-order chi connectivity index (χ1) is 8.65. The standard InChI is InChI=1S/C15H22N2O/c1-3-13(16)15(18)17(2)14-10-6-8-11-7-4-5-9-12(11)14/h4-5,7,9,13-14H,3,6,8,10,16H2,1-2H3/t13-,14?/m1/s1. The Morgan fingerprint density at radius 1 is 1.50 bits per heavy atom. The third kappa shape index (κ3) is 2.41. The summed E-state index contributed by atoms with van der Waals surface area (Å²) in [7, 11) is 1.88. The SMILES string of the molecule is CC[C@@H](N)C(=O)N(C)C1CCCc2ccccc21. The van der Waals surface area contributed by atoms with Gasteiger partial charge in [0.05, 0.1) is 12.1 Å². The van der Waals surface area contributed by atoms with Gasteiger partial charge in [-0.2, -0.15) is 0 Å². The summed E-state index contributed by atoms with van der Waals surface area (Å²) in [6.07, 6.45) is 3.99. The molecule has 0 heterocycles. The van der Waals surface area contributed by atoms with Crippen LogP contribution in [-0.2, 0) is 11.2 Å². The molecule has 0 radical (unpaired) electrons. The van der Waals surface area contributed by atoms with E-state index < -0.39 is 0 Å². The molecule has 1 amide bonds. The van der Waals surface area contributed by atoms with Gasteiger partial charge in [0.15, 0.2) is 0 Å². The molecule has 18 heavy (non-hydrogen) atoms. The third-order valence-corrected chi connectivity index (χ3v) is 3.91. The van der Waals surface area contributed by atoms with Gasteiger partial charge in [-0.3, -0.25) is 4.79 Å². The lowest BCUT2D eigenvalue weighted by Gasteiger charge is -2.34. The molecule has 1 unspecified atom stereocenters. The Labute approximate surface area is 109 Å². The second-order valence-corrected chi connectivity index (χ2v) is 5.07. The van der Waals surface area contributed by atoms with Crippen LogP contribution >= 0.6 is 0 Å². The molecule has 1 aromatic carbocycles. The number of hydrogen-bond donors (Lipinski definition) is 1. The highest BCUT2D eigenvalue weighted by Gasteiger charge is 2.28. The van der Waals surface area contributed by atoms with E-state index in [2.05, 4.69) is 24.3 Å². The van der Waals surface area contributed by atoms with Gasteiger partial charge in [-0.15, -0.1) is 0 Å². The maximum Gasteiger partial charge on any atom is 0.239 e. The van der Waals surface area contributed by atoms with E-state index in [4.69, 9.17) is 5.73 Å². The molecule has 0 fully saturated rings. The molecule has 3 heteroatoms. The van der Waals surface area contributed by atoms with Gasteiger partial charge in [0.2, 0.25) is 5.91 Å². The van der Waals surface area contributed by atoms with Crippen LogP contribution in [0, 0.1) is 0 Å². The fourth-order valence-corrected chi connectivity index (χ4v) is 2.72. The maximum atomic E-state index is 12.2. The fraction of sp³-hybridized carbons (Fsp3) is 0.533. The van der Waals surface area contributed by atoms with Crippen LogP contribution in [0.5, 0.6) is 0 Å². The maximum absolute atomic E-state index is 12.2. The predicted molar refractivity (Wildman–Crippen MR) is 73.2 cm³/mol. The molecular formula is C15H22N2O. The summed E-state index contributed by atoms with van der Waals surface area (Å²) in [4.78, 5) is 14.0. The van der Waals surface area contributed by atoms with E-state index in [1.165, 1.54) is 11.1 Å². The Hall–Kier alpha value is -1.35. The van der Waals surface area contributed by atoms with E-state index in [-0.39, 0.29) is 18.0 Å². The van der Waals surface area contributed by atoms with Crippen molar-refractivity contribution in [2.75, 3.05) is 7.05 Å². The largest absolute Gasteiger partial charge is 0.337 e. The number of rotatable bonds is 3. The normalized spacial score (nSPS) is 20.1. The summed E-state index contributed by atoms with van der Waals surface area (Å²) in [5, 5.41) is 0. The van der Waals surface area contributed by atoms with Gasteiger partial charge in [-0.1, -0.05) is 31.2 Å². The molecule has 0 spiro atoms. The van der Waals surface area contributed by atoms with Crippen molar-refractivity contribution in [3.05, 3.63) is 35.4 Å². The topological polar surface area (TPSA) is 46.3 Å². The van der Waals surface area contributed by atoms with E-state index >= 15 is 0 Å². The number of likely N-dealkylation sites (N-methyl/N-ethyl adjacent to an activating group) is 1. The van der Waals surface area contributed by atoms with Crippen molar-refractivity contribution in [3.8, 4) is 0 Å². The van der Waals surface area contributed by atoms with Gasteiger partial charge in [-0.05, 0) is 36.8 Å². The van der Waals surface area contributed by atoms with Crippen molar-refractivity contribution in [2.24, 2.45) is 5.73 Å². The van der Waals surface area contributed by atoms with E-state index in [1.807, 2.05) is 18.9 Å². The van der Waals surface area contributed by atoms with Gasteiger partial charge < -0.3 is 10.6 Å². The minimum absolute atomic E-state index is 0.0548. The molecule has 2 N–H and O–H groups in total. The average molecular weight is 246 g/mol. The lowest BCUT2D eigenvalue weighted by atomic mass is 9.87. The number of carbonyl (C=O) groups excluding carboxylic acids is 1. The Morgan fingerprint density at radius 3 is 2.94 bits per heavy atom. The Morgan fingerprint density at radius 2 is 2.22 bits per heavy atom. The number of aryl methyl sites for hydroxylation is 1. The van der Waals surface area contributed by atoms with Crippen molar-refractivity contribution in [1.29, 1.82) is 0 Å². The first-order valence-electron chi connectivity index (χ1n) is 6.75. The minimum atomic E-state index is -0.371. The van der Waals surface area contributed by atoms with E-state index in [0.29, 0.717) is 6.42 Å². The number of nitrogens with two attached hydrogens (primary N) is 1. The van der Waals surface area contributed by atoms with Crippen LogP contribution in [0.15, 0.2) is 24.3 Å². The monoisotopic (exact) mass is 246 g/mol. The van der Waals surface area contributed by atoms with Crippen LogP contribution in [-0.4, -0.2) is 23.9 Å². The van der Waals surface area contributed by atoms with Crippen LogP contribution in [0.25, 0.3) is 0 Å². The molecule has 1 aliphatic rings. The zero-order chi connectivity index (χ0) is 13.1. The van der Waals surface area contributed by atoms with Crippen LogP contribution in [0.2, 0.25) is 0 Å². The zero-order valence-corrected chi connectivity index (χ0v) is 11.2. The van der Waals surface area contributed by atoms with Crippen molar-refractivity contribution in [1.82, 2.24) is 4.90 Å². The van der Waals surface area contributed by atoms with E-state index in [0.717, 1.165) is 19.3 Å². The molecule has 0 saturated heterocycles.